The van der Waals surface area contributed by atoms with Crippen molar-refractivity contribution in [3.05, 3.63) is 0 Å². The second-order valence-electron chi connectivity index (χ2n) is 5.90. The molecule has 0 aromatic carbocycles. The summed E-state index contributed by atoms with van der Waals surface area (Å²) >= 11 is 0. The highest BCUT2D eigenvalue weighted by atomic mass is 79.9. The van der Waals surface area contributed by atoms with E-state index >= 15 is 0 Å². The van der Waals surface area contributed by atoms with E-state index in [4.69, 9.17) is 4.74 Å². The first-order valence-corrected chi connectivity index (χ1v) is 6.47. The molecular formula is C13H24BrNO2. The number of piperidine rings is 1. The van der Waals surface area contributed by atoms with Gasteiger partial charge in [0, 0.05) is 32.6 Å². The Morgan fingerprint density at radius 1 is 1.24 bits per heavy atom. The maximum Gasteiger partial charge on any atom is 0.302 e. The minimum atomic E-state index is -0.120. The second-order valence-corrected chi connectivity index (χ2v) is 5.90. The topological polar surface area (TPSA) is 26.3 Å². The van der Waals surface area contributed by atoms with Crippen LogP contribution in [0.15, 0.2) is 0 Å². The Balaban J connectivity index is 0.00000144. The fourth-order valence-electron chi connectivity index (χ4n) is 3.81. The standard InChI is InChI=1S/C13H24NO2.BrH/c1-9(2)14(4)11-5-6-12(14)8-13(7-11)16-10(3)15;/h9,11-13H,5-8H2,1-4H3;1H/q+1;/p-1/t11-,12+,13?,14?;. The maximum absolute atomic E-state index is 11.0. The Labute approximate surface area is 115 Å². The second kappa shape index (κ2) is 5.27. The first-order chi connectivity index (χ1) is 7.44. The molecule has 100 valence electrons. The Morgan fingerprint density at radius 2 is 1.71 bits per heavy atom. The summed E-state index contributed by atoms with van der Waals surface area (Å²) in [4.78, 5) is 11.0. The van der Waals surface area contributed by atoms with Crippen LogP contribution < -0.4 is 17.0 Å². The Bertz CT molecular complexity index is 279. The van der Waals surface area contributed by atoms with Crippen molar-refractivity contribution in [2.24, 2.45) is 0 Å². The lowest BCUT2D eigenvalue weighted by molar-refractivity contribution is -0.968. The summed E-state index contributed by atoms with van der Waals surface area (Å²) in [5.41, 5.74) is 0. The number of fused-ring (bicyclic) bond motifs is 2. The summed E-state index contributed by atoms with van der Waals surface area (Å²) in [5, 5.41) is 0. The molecule has 0 aromatic heterocycles. The van der Waals surface area contributed by atoms with Gasteiger partial charge < -0.3 is 26.2 Å². The highest BCUT2D eigenvalue weighted by Gasteiger charge is 2.53. The van der Waals surface area contributed by atoms with Gasteiger partial charge in [-0.2, -0.15) is 0 Å². The minimum absolute atomic E-state index is 0. The maximum atomic E-state index is 11.0. The van der Waals surface area contributed by atoms with Gasteiger partial charge in [0.15, 0.2) is 0 Å². The highest BCUT2D eigenvalue weighted by molar-refractivity contribution is 5.66. The van der Waals surface area contributed by atoms with Gasteiger partial charge in [-0.05, 0) is 13.8 Å². The molecule has 2 bridgehead atoms. The number of nitrogens with zero attached hydrogens (tertiary/aromatic N) is 1. The zero-order valence-electron chi connectivity index (χ0n) is 11.3. The molecule has 2 aliphatic rings. The van der Waals surface area contributed by atoms with Gasteiger partial charge in [0.05, 0.1) is 25.2 Å². The summed E-state index contributed by atoms with van der Waals surface area (Å²) in [7, 11) is 2.39. The van der Waals surface area contributed by atoms with E-state index in [1.165, 1.54) is 24.2 Å². The summed E-state index contributed by atoms with van der Waals surface area (Å²) in [6, 6.07) is 2.07. The van der Waals surface area contributed by atoms with E-state index in [0.29, 0.717) is 18.1 Å². The number of halogens is 1. The minimum Gasteiger partial charge on any atom is -1.00 e. The van der Waals surface area contributed by atoms with Gasteiger partial charge in [0.2, 0.25) is 0 Å². The zero-order valence-corrected chi connectivity index (χ0v) is 12.9. The summed E-state index contributed by atoms with van der Waals surface area (Å²) < 4.78 is 6.59. The smallest absolute Gasteiger partial charge is 0.302 e. The normalized spacial score (nSPS) is 39.9. The predicted molar refractivity (Wildman–Crippen MR) is 62.9 cm³/mol. The third-order valence-corrected chi connectivity index (χ3v) is 4.92. The van der Waals surface area contributed by atoms with Crippen molar-refractivity contribution in [3.63, 3.8) is 0 Å². The number of carbonyl (C=O) groups is 1. The largest absolute Gasteiger partial charge is 1.00 e. The SMILES string of the molecule is CC(=O)OC1C[C@H]2CC[C@@H](C1)[N+]2(C)C(C)C.[Br-]. The average molecular weight is 306 g/mol. The predicted octanol–water partition coefficient (Wildman–Crippen LogP) is -0.898. The number of hydrogen-bond acceptors (Lipinski definition) is 2. The molecule has 2 heterocycles. The van der Waals surface area contributed by atoms with Crippen LogP contribution in [-0.4, -0.2) is 41.7 Å². The van der Waals surface area contributed by atoms with E-state index in [1.807, 2.05) is 0 Å². The van der Waals surface area contributed by atoms with E-state index in [9.17, 15) is 4.79 Å². The molecule has 17 heavy (non-hydrogen) atoms. The van der Waals surface area contributed by atoms with Crippen LogP contribution >= 0.6 is 0 Å². The lowest BCUT2D eigenvalue weighted by Gasteiger charge is -2.49. The number of quaternary nitrogens is 1. The van der Waals surface area contributed by atoms with E-state index < -0.39 is 0 Å². The van der Waals surface area contributed by atoms with Crippen LogP contribution in [0.1, 0.15) is 46.5 Å². The molecule has 0 N–H and O–H groups in total. The monoisotopic (exact) mass is 305 g/mol. The molecule has 0 saturated carbocycles. The van der Waals surface area contributed by atoms with Crippen molar-refractivity contribution in [2.45, 2.75) is 70.7 Å². The van der Waals surface area contributed by atoms with Crippen LogP contribution in [0.5, 0.6) is 0 Å². The number of hydrogen-bond donors (Lipinski definition) is 0. The number of ether oxygens (including phenoxy) is 1. The van der Waals surface area contributed by atoms with Crippen molar-refractivity contribution in [3.8, 4) is 0 Å². The molecule has 2 rings (SSSR count). The molecule has 4 heteroatoms. The Kier molecular flexibility index (Phi) is 4.64. The molecule has 0 aliphatic carbocycles. The lowest BCUT2D eigenvalue weighted by atomic mass is 9.94. The van der Waals surface area contributed by atoms with Crippen LogP contribution in [0.2, 0.25) is 0 Å². The average Bonchev–Trinajstić information content (AvgIpc) is 2.38. The van der Waals surface area contributed by atoms with E-state index in [2.05, 4.69) is 20.9 Å². The molecule has 0 radical (unpaired) electrons. The van der Waals surface area contributed by atoms with Gasteiger partial charge in [0.1, 0.15) is 6.10 Å². The third-order valence-electron chi connectivity index (χ3n) is 4.92. The van der Waals surface area contributed by atoms with Gasteiger partial charge in [-0.3, -0.25) is 4.79 Å². The van der Waals surface area contributed by atoms with E-state index in [0.717, 1.165) is 12.8 Å². The number of esters is 1. The summed E-state index contributed by atoms with van der Waals surface area (Å²) in [6.45, 7) is 6.15. The van der Waals surface area contributed by atoms with Crippen molar-refractivity contribution in [2.75, 3.05) is 7.05 Å². The number of rotatable bonds is 2. The highest BCUT2D eigenvalue weighted by Crippen LogP contribution is 2.43. The Morgan fingerprint density at radius 3 is 2.06 bits per heavy atom. The van der Waals surface area contributed by atoms with Crippen molar-refractivity contribution in [1.82, 2.24) is 0 Å². The molecular weight excluding hydrogens is 282 g/mol. The fourth-order valence-corrected chi connectivity index (χ4v) is 3.81. The van der Waals surface area contributed by atoms with Gasteiger partial charge in [-0.1, -0.05) is 0 Å². The summed E-state index contributed by atoms with van der Waals surface area (Å²) in [5.74, 6) is -0.120. The van der Waals surface area contributed by atoms with Gasteiger partial charge in [0.25, 0.3) is 0 Å². The molecule has 3 nitrogen and oxygen atoms in total. The molecule has 2 saturated heterocycles. The van der Waals surface area contributed by atoms with Crippen LogP contribution in [0.3, 0.4) is 0 Å². The quantitative estimate of drug-likeness (QED) is 0.488. The first kappa shape index (κ1) is 15.0. The van der Waals surface area contributed by atoms with Crippen molar-refractivity contribution >= 4 is 5.97 Å². The van der Waals surface area contributed by atoms with Crippen LogP contribution in [-0.2, 0) is 9.53 Å². The molecule has 2 unspecified atom stereocenters. The van der Waals surface area contributed by atoms with Crippen LogP contribution in [0.4, 0.5) is 0 Å². The van der Waals surface area contributed by atoms with Gasteiger partial charge >= 0.3 is 5.97 Å². The summed E-state index contributed by atoms with van der Waals surface area (Å²) in [6.07, 6.45) is 4.91. The molecule has 2 fully saturated rings. The van der Waals surface area contributed by atoms with Crippen LogP contribution in [0, 0.1) is 0 Å². The van der Waals surface area contributed by atoms with Gasteiger partial charge in [-0.15, -0.1) is 0 Å². The molecule has 0 spiro atoms. The molecule has 4 atom stereocenters. The first-order valence-electron chi connectivity index (χ1n) is 6.47. The third kappa shape index (κ3) is 2.53. The number of carbonyl (C=O) groups excluding carboxylic acids is 1. The molecule has 0 aromatic rings. The Hall–Kier alpha value is -0.0900. The van der Waals surface area contributed by atoms with E-state index in [1.54, 1.807) is 0 Å². The molecule has 0 amide bonds. The zero-order chi connectivity index (χ0) is 11.9. The van der Waals surface area contributed by atoms with Crippen molar-refractivity contribution < 1.29 is 31.0 Å². The van der Waals surface area contributed by atoms with Gasteiger partial charge in [-0.25, -0.2) is 0 Å². The van der Waals surface area contributed by atoms with E-state index in [-0.39, 0.29) is 29.1 Å². The lowest BCUT2D eigenvalue weighted by Crippen LogP contribution is -3.00. The van der Waals surface area contributed by atoms with Crippen LogP contribution in [0.25, 0.3) is 0 Å². The van der Waals surface area contributed by atoms with Crippen molar-refractivity contribution in [1.29, 1.82) is 0 Å². The molecule has 2 aliphatic heterocycles. The fraction of sp³-hybridized carbons (Fsp3) is 0.923.